The van der Waals surface area contributed by atoms with E-state index >= 15 is 0 Å². The first kappa shape index (κ1) is 28.4. The van der Waals surface area contributed by atoms with Gasteiger partial charge in [-0.15, -0.1) is 35.1 Å². The summed E-state index contributed by atoms with van der Waals surface area (Å²) in [5.74, 6) is 0.0340. The van der Waals surface area contributed by atoms with Gasteiger partial charge in [-0.25, -0.2) is 9.97 Å². The van der Waals surface area contributed by atoms with Crippen molar-refractivity contribution in [2.75, 3.05) is 31.4 Å². The lowest BCUT2D eigenvalue weighted by atomic mass is 10.1. The van der Waals surface area contributed by atoms with Crippen molar-refractivity contribution >= 4 is 74.5 Å². The predicted molar refractivity (Wildman–Crippen MR) is 159 cm³/mol. The average molecular weight is 583 g/mol. The average Bonchev–Trinajstić information content (AvgIpc) is 3.59. The van der Waals surface area contributed by atoms with Crippen LogP contribution in [-0.4, -0.2) is 58.2 Å². The Hall–Kier alpha value is -3.64. The number of aryl methyl sites for hydroxylation is 1. The van der Waals surface area contributed by atoms with E-state index in [0.29, 0.717) is 30.2 Å². The number of hydrazine groups is 1. The Morgan fingerprint density at radius 1 is 1.08 bits per heavy atom. The third kappa shape index (κ3) is 5.86. The number of halogens is 1. The number of nitrogens with one attached hydrogen (secondary N) is 2. The second-order valence-electron chi connectivity index (χ2n) is 9.21. The number of rotatable bonds is 8. The van der Waals surface area contributed by atoms with Gasteiger partial charge in [0.25, 0.3) is 11.8 Å². The highest BCUT2D eigenvalue weighted by molar-refractivity contribution is 7.22. The molecule has 3 aromatic heterocycles. The molecule has 4 heterocycles. The molecule has 0 saturated carbocycles. The van der Waals surface area contributed by atoms with Gasteiger partial charge in [0.05, 0.1) is 10.3 Å². The number of benzene rings is 1. The molecule has 0 bridgehead atoms. The van der Waals surface area contributed by atoms with E-state index in [1.54, 1.807) is 6.92 Å². The molecule has 39 heavy (non-hydrogen) atoms. The van der Waals surface area contributed by atoms with Crippen LogP contribution in [0.2, 0.25) is 0 Å². The molecule has 0 atom stereocenters. The van der Waals surface area contributed by atoms with E-state index in [1.165, 1.54) is 28.7 Å². The maximum atomic E-state index is 12.6. The summed E-state index contributed by atoms with van der Waals surface area (Å²) in [5, 5.41) is 6.61. The first-order valence-corrected chi connectivity index (χ1v) is 13.6. The lowest BCUT2D eigenvalue weighted by Crippen LogP contribution is -2.36. The fraction of sp³-hybridized carbons (Fsp3) is 0.222. The maximum absolute atomic E-state index is 12.6. The zero-order valence-corrected chi connectivity index (χ0v) is 24.2. The molecule has 0 fully saturated rings. The first-order chi connectivity index (χ1) is 18.2. The van der Waals surface area contributed by atoms with Crippen LogP contribution in [0.3, 0.4) is 0 Å². The van der Waals surface area contributed by atoms with E-state index in [0.717, 1.165) is 41.8 Å². The molecule has 0 spiro atoms. The molecular formula is C27H27ClN6O3S2. The highest BCUT2D eigenvalue weighted by Gasteiger charge is 2.30. The molecule has 9 nitrogen and oxygen atoms in total. The number of hydrogen-bond donors (Lipinski definition) is 2. The van der Waals surface area contributed by atoms with Gasteiger partial charge >= 0.3 is 0 Å². The molecule has 2 N–H and O–H groups in total. The number of hydrogen-bond acceptors (Lipinski definition) is 9. The van der Waals surface area contributed by atoms with Crippen molar-refractivity contribution in [2.24, 2.45) is 0 Å². The van der Waals surface area contributed by atoms with Gasteiger partial charge in [-0.1, -0.05) is 18.2 Å². The summed E-state index contributed by atoms with van der Waals surface area (Å²) in [6.45, 7) is 4.26. The highest BCUT2D eigenvalue weighted by Crippen LogP contribution is 2.41. The quantitative estimate of drug-likeness (QED) is 0.270. The molecule has 12 heteroatoms. The minimum atomic E-state index is -0.437. The fourth-order valence-corrected chi connectivity index (χ4v) is 5.91. The number of thiophene rings is 2. The number of anilines is 2. The monoisotopic (exact) mass is 582 g/mol. The number of fused-ring (bicyclic) bond motifs is 1. The molecule has 4 aromatic rings. The van der Waals surface area contributed by atoms with E-state index in [-0.39, 0.29) is 18.3 Å². The fourth-order valence-electron chi connectivity index (χ4n) is 4.06. The lowest BCUT2D eigenvalue weighted by molar-refractivity contribution is -0.135. The molecule has 0 radical (unpaired) electrons. The summed E-state index contributed by atoms with van der Waals surface area (Å²) in [6.07, 6.45) is 1.73. The molecule has 0 saturated heterocycles. The van der Waals surface area contributed by atoms with Crippen molar-refractivity contribution < 1.29 is 14.4 Å². The molecule has 1 aliphatic rings. The van der Waals surface area contributed by atoms with Gasteiger partial charge in [-0.2, -0.15) is 5.01 Å². The van der Waals surface area contributed by atoms with Crippen LogP contribution < -0.4 is 10.7 Å². The number of carbonyl (C=O) groups excluding carboxylic acids is 3. The van der Waals surface area contributed by atoms with E-state index in [1.807, 2.05) is 67.7 Å². The summed E-state index contributed by atoms with van der Waals surface area (Å²) < 4.78 is 0. The summed E-state index contributed by atoms with van der Waals surface area (Å²) >= 11 is 3.03. The van der Waals surface area contributed by atoms with Gasteiger partial charge in [0.15, 0.2) is 11.6 Å². The number of aromatic nitrogens is 2. The Balaban J connectivity index is 0.00000353. The third-order valence-corrected chi connectivity index (χ3v) is 8.17. The van der Waals surface area contributed by atoms with Crippen molar-refractivity contribution in [3.05, 3.63) is 59.0 Å². The number of carbonyl (C=O) groups is 3. The molecule has 5 rings (SSSR count). The lowest BCUT2D eigenvalue weighted by Gasteiger charge is -2.17. The molecular weight excluding hydrogens is 556 g/mol. The van der Waals surface area contributed by atoms with Crippen LogP contribution in [0.15, 0.2) is 53.4 Å². The van der Waals surface area contributed by atoms with Crippen molar-refractivity contribution in [3.8, 4) is 21.1 Å². The van der Waals surface area contributed by atoms with E-state index < -0.39 is 11.8 Å². The zero-order valence-electron chi connectivity index (χ0n) is 21.8. The van der Waals surface area contributed by atoms with E-state index in [4.69, 9.17) is 9.97 Å². The molecule has 3 amide bonds. The van der Waals surface area contributed by atoms with Crippen LogP contribution in [0, 0.1) is 6.92 Å². The molecule has 202 valence electrons. The largest absolute Gasteiger partial charge is 0.326 e. The van der Waals surface area contributed by atoms with Crippen molar-refractivity contribution in [3.63, 3.8) is 0 Å². The zero-order chi connectivity index (χ0) is 27.0. The standard InChI is InChI=1S/C27H26N6O3S2.ClH/c1-15-14-21(35)33(27(15)36)31-25-22-16(2)23(38-26(22)30-24(29-25)19-6-5-13-37-19)17-7-9-18(10-8-17)28-20(34)11-12-32(3)4;/h5-10,13-14H,11-12H2,1-4H3,(H,28,34)(H,29,30,31);1H. The van der Waals surface area contributed by atoms with Crippen LogP contribution in [0.1, 0.15) is 18.9 Å². The Morgan fingerprint density at radius 3 is 2.44 bits per heavy atom. The van der Waals surface area contributed by atoms with Gasteiger partial charge in [0, 0.05) is 35.2 Å². The molecule has 0 aliphatic carbocycles. The molecule has 0 unspecified atom stereocenters. The molecule has 1 aliphatic heterocycles. The summed E-state index contributed by atoms with van der Waals surface area (Å²) in [5.41, 5.74) is 5.95. The van der Waals surface area contributed by atoms with Crippen molar-refractivity contribution in [1.82, 2.24) is 19.9 Å². The van der Waals surface area contributed by atoms with Gasteiger partial charge in [0.1, 0.15) is 4.83 Å². The maximum Gasteiger partial charge on any atom is 0.275 e. The second kappa shape index (κ2) is 11.6. The Morgan fingerprint density at radius 2 is 1.82 bits per heavy atom. The first-order valence-electron chi connectivity index (χ1n) is 11.9. The smallest absolute Gasteiger partial charge is 0.275 e. The van der Waals surface area contributed by atoms with Crippen LogP contribution in [0.25, 0.3) is 31.4 Å². The van der Waals surface area contributed by atoms with Gasteiger partial charge in [-0.05, 0) is 62.6 Å². The van der Waals surface area contributed by atoms with Crippen LogP contribution in [-0.2, 0) is 14.4 Å². The highest BCUT2D eigenvalue weighted by atomic mass is 35.5. The predicted octanol–water partition coefficient (Wildman–Crippen LogP) is 5.35. The van der Waals surface area contributed by atoms with Gasteiger partial charge in [-0.3, -0.25) is 19.8 Å². The number of imide groups is 1. The normalized spacial score (nSPS) is 13.2. The van der Waals surface area contributed by atoms with Crippen LogP contribution >= 0.6 is 35.1 Å². The van der Waals surface area contributed by atoms with Gasteiger partial charge in [0.2, 0.25) is 5.91 Å². The van der Waals surface area contributed by atoms with Crippen LogP contribution in [0.4, 0.5) is 11.5 Å². The third-order valence-electron chi connectivity index (χ3n) is 6.07. The van der Waals surface area contributed by atoms with Crippen molar-refractivity contribution in [2.45, 2.75) is 20.3 Å². The Bertz CT molecular complexity index is 1580. The number of amides is 3. The minimum absolute atomic E-state index is 0. The van der Waals surface area contributed by atoms with Crippen molar-refractivity contribution in [1.29, 1.82) is 0 Å². The SMILES string of the molecule is CC1=CC(=O)N(Nc2nc(-c3cccs3)nc3sc(-c4ccc(NC(=O)CCN(C)C)cc4)c(C)c23)C1=O.Cl. The van der Waals surface area contributed by atoms with Crippen LogP contribution in [0.5, 0.6) is 0 Å². The summed E-state index contributed by atoms with van der Waals surface area (Å²) in [7, 11) is 3.87. The van der Waals surface area contributed by atoms with E-state index in [9.17, 15) is 14.4 Å². The van der Waals surface area contributed by atoms with Gasteiger partial charge < -0.3 is 10.2 Å². The summed E-state index contributed by atoms with van der Waals surface area (Å²) in [4.78, 5) is 51.3. The minimum Gasteiger partial charge on any atom is -0.326 e. The Labute approximate surface area is 239 Å². The van der Waals surface area contributed by atoms with E-state index in [2.05, 4.69) is 10.7 Å². The second-order valence-corrected chi connectivity index (χ2v) is 11.2. The topological polar surface area (TPSA) is 108 Å². The molecule has 1 aromatic carbocycles. The number of nitrogens with zero attached hydrogens (tertiary/aromatic N) is 4. The Kier molecular flexibility index (Phi) is 8.45. The summed E-state index contributed by atoms with van der Waals surface area (Å²) in [6, 6.07) is 11.5.